The predicted molar refractivity (Wildman–Crippen MR) is 59.4 cm³/mol. The summed E-state index contributed by atoms with van der Waals surface area (Å²) >= 11 is 0. The summed E-state index contributed by atoms with van der Waals surface area (Å²) in [5.74, 6) is 0.739. The Hall–Kier alpha value is -1.55. The largest absolute Gasteiger partial charge is 0.496 e. The molecule has 1 N–H and O–H groups in total. The number of amides is 1. The van der Waals surface area contributed by atoms with Crippen LogP contribution >= 0.6 is 0 Å². The number of ether oxygens (including phenoxy) is 2. The van der Waals surface area contributed by atoms with Gasteiger partial charge in [0.05, 0.1) is 7.11 Å². The quantitative estimate of drug-likeness (QED) is 0.816. The molecule has 0 spiro atoms. The zero-order chi connectivity index (χ0) is 11.5. The summed E-state index contributed by atoms with van der Waals surface area (Å²) in [6, 6.07) is 5.96. The Bertz CT molecular complexity index is 393. The van der Waals surface area contributed by atoms with Gasteiger partial charge in [-0.2, -0.15) is 0 Å². The number of aryl methyl sites for hydroxylation is 1. The fraction of sp³-hybridized carbons (Fsp3) is 0.417. The fourth-order valence-corrected chi connectivity index (χ4v) is 1.78. The van der Waals surface area contributed by atoms with Crippen LogP contribution in [0.15, 0.2) is 18.2 Å². The van der Waals surface area contributed by atoms with Crippen LogP contribution in [0.1, 0.15) is 17.2 Å². The van der Waals surface area contributed by atoms with Gasteiger partial charge in [0.2, 0.25) is 5.91 Å². The van der Waals surface area contributed by atoms with Gasteiger partial charge in [-0.05, 0) is 18.6 Å². The van der Waals surface area contributed by atoms with Gasteiger partial charge in [0, 0.05) is 12.1 Å². The summed E-state index contributed by atoms with van der Waals surface area (Å²) in [6.45, 7) is 2.62. The molecule has 2 rings (SSSR count). The summed E-state index contributed by atoms with van der Waals surface area (Å²) in [4.78, 5) is 11.0. The number of carbonyl (C=O) groups excluding carboxylic acids is 1. The molecule has 1 unspecified atom stereocenters. The van der Waals surface area contributed by atoms with Gasteiger partial charge in [0.15, 0.2) is 0 Å². The molecule has 86 valence electrons. The van der Waals surface area contributed by atoms with E-state index < -0.39 is 0 Å². The first kappa shape index (κ1) is 11.0. The molecule has 1 heterocycles. The van der Waals surface area contributed by atoms with Crippen molar-refractivity contribution in [2.24, 2.45) is 0 Å². The monoisotopic (exact) mass is 221 g/mol. The van der Waals surface area contributed by atoms with E-state index in [2.05, 4.69) is 5.32 Å². The van der Waals surface area contributed by atoms with Crippen molar-refractivity contribution in [3.63, 3.8) is 0 Å². The lowest BCUT2D eigenvalue weighted by atomic mass is 10.0. The highest BCUT2D eigenvalue weighted by molar-refractivity contribution is 5.77. The fourth-order valence-electron chi connectivity index (χ4n) is 1.78. The van der Waals surface area contributed by atoms with Crippen LogP contribution in [0.3, 0.4) is 0 Å². The van der Waals surface area contributed by atoms with Gasteiger partial charge in [-0.15, -0.1) is 0 Å². The summed E-state index contributed by atoms with van der Waals surface area (Å²) in [6.07, 6.45) is -0.117. The number of rotatable bonds is 2. The second-order valence-corrected chi connectivity index (χ2v) is 3.85. The molecule has 1 aromatic rings. The van der Waals surface area contributed by atoms with Gasteiger partial charge in [0.1, 0.15) is 18.5 Å². The molecule has 1 amide bonds. The van der Waals surface area contributed by atoms with Crippen molar-refractivity contribution in [2.75, 3.05) is 20.3 Å². The van der Waals surface area contributed by atoms with Crippen LogP contribution in [0.25, 0.3) is 0 Å². The van der Waals surface area contributed by atoms with Gasteiger partial charge in [-0.1, -0.05) is 12.1 Å². The van der Waals surface area contributed by atoms with E-state index in [0.29, 0.717) is 6.54 Å². The molecule has 0 radical (unpaired) electrons. The van der Waals surface area contributed by atoms with Crippen LogP contribution in [0.5, 0.6) is 5.75 Å². The third-order valence-electron chi connectivity index (χ3n) is 2.64. The average molecular weight is 221 g/mol. The number of morpholine rings is 1. The lowest BCUT2D eigenvalue weighted by Gasteiger charge is -2.25. The summed E-state index contributed by atoms with van der Waals surface area (Å²) in [7, 11) is 1.64. The highest BCUT2D eigenvalue weighted by atomic mass is 16.5. The second-order valence-electron chi connectivity index (χ2n) is 3.85. The molecule has 1 aliphatic heterocycles. The number of hydrogen-bond donors (Lipinski definition) is 1. The van der Waals surface area contributed by atoms with Gasteiger partial charge < -0.3 is 14.8 Å². The first-order valence-corrected chi connectivity index (χ1v) is 5.23. The van der Waals surface area contributed by atoms with Gasteiger partial charge >= 0.3 is 0 Å². The third-order valence-corrected chi connectivity index (χ3v) is 2.64. The van der Waals surface area contributed by atoms with E-state index in [4.69, 9.17) is 9.47 Å². The van der Waals surface area contributed by atoms with Gasteiger partial charge in [0.25, 0.3) is 0 Å². The molecule has 1 saturated heterocycles. The molecule has 16 heavy (non-hydrogen) atoms. The molecule has 1 aromatic carbocycles. The summed E-state index contributed by atoms with van der Waals surface area (Å²) in [5.41, 5.74) is 2.12. The smallest absolute Gasteiger partial charge is 0.246 e. The molecule has 1 atom stereocenters. The molecule has 4 nitrogen and oxygen atoms in total. The third kappa shape index (κ3) is 2.17. The number of methoxy groups -OCH3 is 1. The Morgan fingerprint density at radius 2 is 2.31 bits per heavy atom. The Morgan fingerprint density at radius 1 is 1.50 bits per heavy atom. The number of hydrogen-bond acceptors (Lipinski definition) is 3. The molecular weight excluding hydrogens is 206 g/mol. The van der Waals surface area contributed by atoms with E-state index in [1.807, 2.05) is 25.1 Å². The van der Waals surface area contributed by atoms with Crippen molar-refractivity contribution in [2.45, 2.75) is 13.0 Å². The summed E-state index contributed by atoms with van der Waals surface area (Å²) < 4.78 is 10.8. The summed E-state index contributed by atoms with van der Waals surface area (Å²) in [5, 5.41) is 2.78. The highest BCUT2D eigenvalue weighted by Gasteiger charge is 2.22. The SMILES string of the molecule is COc1cc(C)ccc1C1CNC(=O)CO1. The molecule has 0 bridgehead atoms. The zero-order valence-corrected chi connectivity index (χ0v) is 9.45. The van der Waals surface area contributed by atoms with Crippen molar-refractivity contribution in [3.8, 4) is 5.75 Å². The van der Waals surface area contributed by atoms with Crippen molar-refractivity contribution in [3.05, 3.63) is 29.3 Å². The topological polar surface area (TPSA) is 47.6 Å². The van der Waals surface area contributed by atoms with Crippen LogP contribution in [0.2, 0.25) is 0 Å². The maximum Gasteiger partial charge on any atom is 0.246 e. The molecule has 4 heteroatoms. The van der Waals surface area contributed by atoms with Crippen LogP contribution in [0.4, 0.5) is 0 Å². The molecule has 1 fully saturated rings. The van der Waals surface area contributed by atoms with Crippen LogP contribution in [-0.2, 0) is 9.53 Å². The molecule has 0 aromatic heterocycles. The number of carbonyl (C=O) groups is 1. The van der Waals surface area contributed by atoms with Crippen LogP contribution < -0.4 is 10.1 Å². The lowest BCUT2D eigenvalue weighted by Crippen LogP contribution is -2.38. The Labute approximate surface area is 94.6 Å². The van der Waals surface area contributed by atoms with Gasteiger partial charge in [-0.3, -0.25) is 4.79 Å². The number of benzene rings is 1. The van der Waals surface area contributed by atoms with E-state index in [9.17, 15) is 4.79 Å². The van der Waals surface area contributed by atoms with E-state index >= 15 is 0 Å². The standard InChI is InChI=1S/C12H15NO3/c1-8-3-4-9(10(5-8)15-2)11-6-13-12(14)7-16-11/h3-5,11H,6-7H2,1-2H3,(H,13,14). The molecule has 1 aliphatic rings. The van der Waals surface area contributed by atoms with E-state index in [-0.39, 0.29) is 18.6 Å². The minimum Gasteiger partial charge on any atom is -0.496 e. The lowest BCUT2D eigenvalue weighted by molar-refractivity contribution is -0.133. The van der Waals surface area contributed by atoms with Crippen LogP contribution in [-0.4, -0.2) is 26.2 Å². The van der Waals surface area contributed by atoms with E-state index in [0.717, 1.165) is 16.9 Å². The second kappa shape index (κ2) is 4.53. The molecular formula is C12H15NO3. The Morgan fingerprint density at radius 3 is 2.94 bits per heavy atom. The first-order valence-electron chi connectivity index (χ1n) is 5.23. The minimum atomic E-state index is -0.117. The highest BCUT2D eigenvalue weighted by Crippen LogP contribution is 2.29. The maximum atomic E-state index is 11.0. The van der Waals surface area contributed by atoms with Crippen LogP contribution in [0, 0.1) is 6.92 Å². The molecule has 0 aliphatic carbocycles. The predicted octanol–water partition coefficient (Wildman–Crippen LogP) is 1.19. The number of nitrogens with one attached hydrogen (secondary N) is 1. The maximum absolute atomic E-state index is 11.0. The van der Waals surface area contributed by atoms with Crippen molar-refractivity contribution in [1.82, 2.24) is 5.32 Å². The van der Waals surface area contributed by atoms with E-state index in [1.54, 1.807) is 7.11 Å². The normalized spacial score (nSPS) is 20.4. The van der Waals surface area contributed by atoms with Crippen molar-refractivity contribution >= 4 is 5.91 Å². The first-order chi connectivity index (χ1) is 7.70. The Kier molecular flexibility index (Phi) is 3.10. The minimum absolute atomic E-state index is 0.0673. The van der Waals surface area contributed by atoms with Gasteiger partial charge in [-0.25, -0.2) is 0 Å². The average Bonchev–Trinajstić information content (AvgIpc) is 2.30. The van der Waals surface area contributed by atoms with Crippen molar-refractivity contribution < 1.29 is 14.3 Å². The zero-order valence-electron chi connectivity index (χ0n) is 9.45. The molecule has 0 saturated carbocycles. The van der Waals surface area contributed by atoms with Crippen molar-refractivity contribution in [1.29, 1.82) is 0 Å². The Balaban J connectivity index is 2.22. The van der Waals surface area contributed by atoms with E-state index in [1.165, 1.54) is 0 Å².